The van der Waals surface area contributed by atoms with Gasteiger partial charge in [0.2, 0.25) is 0 Å². The highest BCUT2D eigenvalue weighted by atomic mass is 32.2. The first-order valence-corrected chi connectivity index (χ1v) is 15.9. The van der Waals surface area contributed by atoms with Crippen LogP contribution in [0.4, 0.5) is 0 Å². The molecule has 2 aromatic rings. The number of pyridine rings is 2. The number of carbonyl (C=O) groups excluding carboxylic acids is 2. The van der Waals surface area contributed by atoms with Crippen molar-refractivity contribution in [2.75, 3.05) is 39.9 Å². The first-order valence-electron chi connectivity index (χ1n) is 14.0. The number of carbonyl (C=O) groups is 2. The molecule has 0 spiro atoms. The Kier molecular flexibility index (Phi) is 21.6. The molecule has 0 aliphatic heterocycles. The minimum absolute atomic E-state index is 0.344. The number of amidine groups is 1. The Morgan fingerprint density at radius 3 is 2.11 bits per heavy atom. The summed E-state index contributed by atoms with van der Waals surface area (Å²) in [5, 5.41) is 16.7. The Balaban J connectivity index is 0.000000367. The van der Waals surface area contributed by atoms with Crippen LogP contribution in [0, 0.1) is 11.8 Å². The number of aromatic nitrogens is 2. The number of hydrogen-bond donors (Lipinski definition) is 2. The first-order chi connectivity index (χ1) is 21.5. The van der Waals surface area contributed by atoms with Gasteiger partial charge in [0, 0.05) is 75.4 Å². The zero-order chi connectivity index (χ0) is 32.4. The molecule has 1 unspecified atom stereocenters. The maximum atomic E-state index is 10.1. The highest BCUT2D eigenvalue weighted by Crippen LogP contribution is 2.34. The van der Waals surface area contributed by atoms with Crippen molar-refractivity contribution in [3.8, 4) is 11.5 Å². The van der Waals surface area contributed by atoms with E-state index in [1.807, 2.05) is 7.05 Å². The van der Waals surface area contributed by atoms with E-state index in [1.165, 1.54) is 19.3 Å². The Bertz CT molecular complexity index is 1150. The Morgan fingerprint density at radius 1 is 1.02 bits per heavy atom. The molecule has 0 saturated heterocycles. The summed E-state index contributed by atoms with van der Waals surface area (Å²) < 4.78 is 9.89. The zero-order valence-electron chi connectivity index (χ0n) is 26.0. The molecule has 2 aromatic heterocycles. The molecule has 1 fully saturated rings. The molecular formula is C30H44N8O4S2. The molecule has 12 nitrogen and oxygen atoms in total. The number of aliphatic imine (C=N–C) groups is 1. The average Bonchev–Trinajstić information content (AvgIpc) is 3.06. The summed E-state index contributed by atoms with van der Waals surface area (Å²) in [7, 11) is 6.87. The van der Waals surface area contributed by atoms with Gasteiger partial charge >= 0.3 is 0 Å². The predicted molar refractivity (Wildman–Crippen MR) is 184 cm³/mol. The SMILES string of the molecule is C=N/N=C(\SCNC)[C@H]1CCCC(CSC(=NC)NN=C)C1.COc1ccnc(CC=O)c1.COc1ccnc(CC=O)c1. The molecule has 2 atom stereocenters. The third kappa shape index (κ3) is 16.3. The summed E-state index contributed by atoms with van der Waals surface area (Å²) in [5.41, 5.74) is 4.29. The molecule has 44 heavy (non-hydrogen) atoms. The number of hydrogen-bond acceptors (Lipinski definition) is 13. The van der Waals surface area contributed by atoms with E-state index < -0.39 is 0 Å². The Labute approximate surface area is 269 Å². The number of ether oxygens (including phenoxy) is 2. The third-order valence-corrected chi connectivity index (χ3v) is 8.46. The van der Waals surface area contributed by atoms with Gasteiger partial charge in [-0.3, -0.25) is 20.4 Å². The molecule has 14 heteroatoms. The van der Waals surface area contributed by atoms with Crippen LogP contribution in [0.3, 0.4) is 0 Å². The molecule has 1 aliphatic rings. The van der Waals surface area contributed by atoms with E-state index in [2.05, 4.69) is 54.4 Å². The molecule has 3 rings (SSSR count). The van der Waals surface area contributed by atoms with E-state index in [0.29, 0.717) is 24.7 Å². The summed E-state index contributed by atoms with van der Waals surface area (Å²) in [6, 6.07) is 6.98. The minimum atomic E-state index is 0.344. The van der Waals surface area contributed by atoms with E-state index in [-0.39, 0.29) is 0 Å². The lowest BCUT2D eigenvalue weighted by molar-refractivity contribution is -0.108. The van der Waals surface area contributed by atoms with E-state index >= 15 is 0 Å². The van der Waals surface area contributed by atoms with Crippen LogP contribution in [0.25, 0.3) is 0 Å². The van der Waals surface area contributed by atoms with E-state index in [9.17, 15) is 9.59 Å². The summed E-state index contributed by atoms with van der Waals surface area (Å²) in [6.45, 7) is 6.93. The fraction of sp³-hybridized carbons (Fsp3) is 0.467. The van der Waals surface area contributed by atoms with Crippen molar-refractivity contribution in [2.24, 2.45) is 32.1 Å². The van der Waals surface area contributed by atoms with Crippen molar-refractivity contribution < 1.29 is 19.1 Å². The van der Waals surface area contributed by atoms with Crippen molar-refractivity contribution in [2.45, 2.75) is 38.5 Å². The van der Waals surface area contributed by atoms with Crippen LogP contribution in [-0.2, 0) is 22.4 Å². The zero-order valence-corrected chi connectivity index (χ0v) is 27.6. The first kappa shape index (κ1) is 38.4. The van der Waals surface area contributed by atoms with Crippen LogP contribution >= 0.6 is 23.5 Å². The fourth-order valence-corrected chi connectivity index (χ4v) is 5.89. The van der Waals surface area contributed by atoms with Gasteiger partial charge < -0.3 is 24.4 Å². The largest absolute Gasteiger partial charge is 0.497 e. The van der Waals surface area contributed by atoms with Crippen LogP contribution in [0.5, 0.6) is 11.5 Å². The summed E-state index contributed by atoms with van der Waals surface area (Å²) >= 11 is 3.44. The molecule has 0 bridgehead atoms. The fourth-order valence-electron chi connectivity index (χ4n) is 4.08. The number of aldehydes is 2. The van der Waals surface area contributed by atoms with Gasteiger partial charge in [0.05, 0.1) is 25.6 Å². The summed E-state index contributed by atoms with van der Waals surface area (Å²) in [6.07, 6.45) is 10.4. The standard InChI is InChI=1S/C14H26N6S2.2C8H9NO2/c1-15-10-22-13(19-17-3)12-7-5-6-11(8-12)9-21-14(16-2)20-18-4;2*1-11-8-2-4-9-7(6-8)3-5-10/h11-12,15H,3-10H2,1-2H3,(H,16,20);2*2,4-6H,3H2,1H3/b19-13-;;/t11?,12-;;/m0../s1. The van der Waals surface area contributed by atoms with Crippen LogP contribution in [0.15, 0.2) is 57.0 Å². The maximum absolute atomic E-state index is 10.1. The molecular weight excluding hydrogens is 601 g/mol. The molecule has 2 N–H and O–H groups in total. The third-order valence-electron chi connectivity index (χ3n) is 6.13. The second kappa shape index (κ2) is 24.8. The molecule has 2 heterocycles. The Morgan fingerprint density at radius 2 is 1.64 bits per heavy atom. The van der Waals surface area contributed by atoms with Crippen LogP contribution < -0.4 is 20.2 Å². The van der Waals surface area contributed by atoms with Crippen molar-refractivity contribution in [1.82, 2.24) is 20.7 Å². The van der Waals surface area contributed by atoms with Gasteiger partial charge in [0.15, 0.2) is 5.17 Å². The van der Waals surface area contributed by atoms with E-state index in [1.54, 1.807) is 81.5 Å². The molecule has 240 valence electrons. The number of nitrogens with zero attached hydrogens (tertiary/aromatic N) is 6. The van der Waals surface area contributed by atoms with E-state index in [4.69, 9.17) is 9.47 Å². The van der Waals surface area contributed by atoms with Crippen molar-refractivity contribution in [3.05, 3.63) is 48.0 Å². The van der Waals surface area contributed by atoms with Gasteiger partial charge in [0.1, 0.15) is 29.1 Å². The second-order valence-electron chi connectivity index (χ2n) is 9.18. The summed E-state index contributed by atoms with van der Waals surface area (Å²) in [4.78, 5) is 32.3. The molecule has 0 aromatic carbocycles. The summed E-state index contributed by atoms with van der Waals surface area (Å²) in [5.74, 6) is 4.52. The van der Waals surface area contributed by atoms with Crippen molar-refractivity contribution >= 4 is 59.7 Å². The van der Waals surface area contributed by atoms with Crippen LogP contribution in [0.1, 0.15) is 37.1 Å². The lowest BCUT2D eigenvalue weighted by Crippen LogP contribution is -2.25. The quantitative estimate of drug-likeness (QED) is 0.106. The number of nitrogens with one attached hydrogen (secondary N) is 2. The molecule has 0 amide bonds. The number of hydrazone groups is 1. The maximum Gasteiger partial charge on any atom is 0.176 e. The number of methoxy groups -OCH3 is 2. The number of rotatable bonds is 13. The highest BCUT2D eigenvalue weighted by Gasteiger charge is 2.26. The Hall–Kier alpha value is -3.62. The van der Waals surface area contributed by atoms with Gasteiger partial charge in [-0.1, -0.05) is 29.9 Å². The van der Waals surface area contributed by atoms with Crippen molar-refractivity contribution in [1.29, 1.82) is 0 Å². The normalized spacial score (nSPS) is 16.2. The van der Waals surface area contributed by atoms with Gasteiger partial charge in [-0.2, -0.15) is 10.2 Å². The van der Waals surface area contributed by atoms with Gasteiger partial charge in [-0.25, -0.2) is 0 Å². The lowest BCUT2D eigenvalue weighted by atomic mass is 9.83. The van der Waals surface area contributed by atoms with Crippen molar-refractivity contribution in [3.63, 3.8) is 0 Å². The van der Waals surface area contributed by atoms with E-state index in [0.717, 1.165) is 63.7 Å². The monoisotopic (exact) mass is 644 g/mol. The molecule has 1 saturated carbocycles. The minimum Gasteiger partial charge on any atom is -0.497 e. The van der Waals surface area contributed by atoms with Gasteiger partial charge in [0.25, 0.3) is 0 Å². The predicted octanol–water partition coefficient (Wildman–Crippen LogP) is 4.30. The molecule has 1 aliphatic carbocycles. The average molecular weight is 645 g/mol. The van der Waals surface area contributed by atoms with Crippen LogP contribution in [0.2, 0.25) is 0 Å². The second-order valence-corrected chi connectivity index (χ2v) is 11.2. The smallest absolute Gasteiger partial charge is 0.176 e. The number of thioether (sulfide) groups is 2. The lowest BCUT2D eigenvalue weighted by Gasteiger charge is -2.29. The van der Waals surface area contributed by atoms with Gasteiger partial charge in [-0.15, -0.1) is 5.10 Å². The highest BCUT2D eigenvalue weighted by molar-refractivity contribution is 8.14. The topological polar surface area (TPSA) is 152 Å². The molecule has 0 radical (unpaired) electrons. The van der Waals surface area contributed by atoms with Gasteiger partial charge in [-0.05, 0) is 44.4 Å². The van der Waals surface area contributed by atoms with Crippen LogP contribution in [-0.4, -0.2) is 86.1 Å².